The van der Waals surface area contributed by atoms with Crippen LogP contribution in [0.25, 0.3) is 0 Å². The Balaban J connectivity index is 1.53. The number of aliphatic hydroxyl groups is 1. The van der Waals surface area contributed by atoms with Crippen LogP contribution >= 0.6 is 0 Å². The van der Waals surface area contributed by atoms with Gasteiger partial charge in [-0.05, 0) is 32.4 Å². The zero-order valence-corrected chi connectivity index (χ0v) is 16.0. The maximum atomic E-state index is 12.8. The Kier molecular flexibility index (Phi) is 4.97. The van der Waals surface area contributed by atoms with E-state index in [-0.39, 0.29) is 18.1 Å². The van der Waals surface area contributed by atoms with Crippen molar-refractivity contribution in [1.82, 2.24) is 24.6 Å². The lowest BCUT2D eigenvalue weighted by molar-refractivity contribution is 0.0758. The summed E-state index contributed by atoms with van der Waals surface area (Å²) in [6.07, 6.45) is 1.05. The number of hydrogen-bond acceptors (Lipinski definition) is 5. The predicted octanol–water partition coefficient (Wildman–Crippen LogP) is 1.49. The lowest BCUT2D eigenvalue weighted by Gasteiger charge is -2.27. The minimum Gasteiger partial charge on any atom is -0.392 e. The maximum Gasteiger partial charge on any atom is 0.253 e. The van der Waals surface area contributed by atoms with Crippen LogP contribution in [-0.2, 0) is 13.0 Å². The van der Waals surface area contributed by atoms with Crippen molar-refractivity contribution < 1.29 is 9.90 Å². The molecule has 0 aliphatic carbocycles. The van der Waals surface area contributed by atoms with E-state index in [0.717, 1.165) is 17.2 Å². The third-order valence-corrected chi connectivity index (χ3v) is 5.64. The van der Waals surface area contributed by atoms with Crippen molar-refractivity contribution in [2.75, 3.05) is 19.6 Å². The molecule has 1 saturated heterocycles. The summed E-state index contributed by atoms with van der Waals surface area (Å²) in [4.78, 5) is 17.0. The van der Waals surface area contributed by atoms with Gasteiger partial charge in [-0.15, -0.1) is 10.2 Å². The van der Waals surface area contributed by atoms with Crippen molar-refractivity contribution in [3.8, 4) is 0 Å². The SMILES string of the molecule is CC(C)N1C[C@H](O)C[C@H]1c1nnc2n1CCN(C(=O)c1ccccc1)CC2. The van der Waals surface area contributed by atoms with Crippen molar-refractivity contribution in [3.05, 3.63) is 47.5 Å². The Morgan fingerprint density at radius 3 is 2.67 bits per heavy atom. The highest BCUT2D eigenvalue weighted by Crippen LogP contribution is 2.33. The molecule has 2 aliphatic rings. The first-order valence-electron chi connectivity index (χ1n) is 9.74. The minimum atomic E-state index is -0.327. The second-order valence-corrected chi connectivity index (χ2v) is 7.73. The fourth-order valence-corrected chi connectivity index (χ4v) is 4.22. The molecule has 27 heavy (non-hydrogen) atoms. The molecule has 7 heteroatoms. The van der Waals surface area contributed by atoms with Gasteiger partial charge >= 0.3 is 0 Å². The average molecular weight is 369 g/mol. The van der Waals surface area contributed by atoms with Gasteiger partial charge < -0.3 is 14.6 Å². The Morgan fingerprint density at radius 1 is 1.15 bits per heavy atom. The molecular formula is C20H27N5O2. The summed E-state index contributed by atoms with van der Waals surface area (Å²) in [6.45, 7) is 6.93. The van der Waals surface area contributed by atoms with Crippen LogP contribution in [0.4, 0.5) is 0 Å². The number of β-amino-alcohol motifs (C(OH)–C–C–N with tert-alkyl or cyclic N) is 1. The number of aromatic nitrogens is 3. The van der Waals surface area contributed by atoms with E-state index in [4.69, 9.17) is 0 Å². The molecule has 3 heterocycles. The highest BCUT2D eigenvalue weighted by Gasteiger charge is 2.37. The van der Waals surface area contributed by atoms with Crippen molar-refractivity contribution in [1.29, 1.82) is 0 Å². The van der Waals surface area contributed by atoms with Gasteiger partial charge in [0.15, 0.2) is 5.82 Å². The van der Waals surface area contributed by atoms with E-state index in [2.05, 4.69) is 33.5 Å². The van der Waals surface area contributed by atoms with E-state index in [1.54, 1.807) is 0 Å². The molecule has 144 valence electrons. The van der Waals surface area contributed by atoms with E-state index in [9.17, 15) is 9.90 Å². The van der Waals surface area contributed by atoms with Crippen LogP contribution in [0.2, 0.25) is 0 Å². The Labute approximate surface area is 159 Å². The van der Waals surface area contributed by atoms with Crippen LogP contribution in [0, 0.1) is 0 Å². The Bertz CT molecular complexity index is 804. The molecular weight excluding hydrogens is 342 g/mol. The number of likely N-dealkylation sites (tertiary alicyclic amines) is 1. The third-order valence-electron chi connectivity index (χ3n) is 5.64. The number of carbonyl (C=O) groups is 1. The number of rotatable bonds is 3. The van der Waals surface area contributed by atoms with Crippen LogP contribution in [-0.4, -0.2) is 67.4 Å². The molecule has 1 amide bonds. The van der Waals surface area contributed by atoms with Gasteiger partial charge in [-0.3, -0.25) is 9.69 Å². The predicted molar refractivity (Wildman–Crippen MR) is 101 cm³/mol. The topological polar surface area (TPSA) is 74.5 Å². The van der Waals surface area contributed by atoms with Crippen LogP contribution in [0.3, 0.4) is 0 Å². The third kappa shape index (κ3) is 3.49. The summed E-state index contributed by atoms with van der Waals surface area (Å²) in [6, 6.07) is 9.84. The average Bonchev–Trinajstić information content (AvgIpc) is 3.19. The number of benzene rings is 1. The molecule has 0 spiro atoms. The number of amides is 1. The van der Waals surface area contributed by atoms with Gasteiger partial charge in [-0.1, -0.05) is 18.2 Å². The van der Waals surface area contributed by atoms with Crippen molar-refractivity contribution >= 4 is 5.91 Å². The number of fused-ring (bicyclic) bond motifs is 1. The van der Waals surface area contributed by atoms with Crippen molar-refractivity contribution in [2.45, 2.75) is 51.4 Å². The number of aliphatic hydroxyl groups excluding tert-OH is 1. The number of carbonyl (C=O) groups excluding carboxylic acids is 1. The van der Waals surface area contributed by atoms with Crippen LogP contribution in [0.15, 0.2) is 30.3 Å². The van der Waals surface area contributed by atoms with Crippen molar-refractivity contribution in [2.24, 2.45) is 0 Å². The molecule has 4 rings (SSSR count). The Morgan fingerprint density at radius 2 is 1.93 bits per heavy atom. The highest BCUT2D eigenvalue weighted by atomic mass is 16.3. The van der Waals surface area contributed by atoms with E-state index in [1.165, 1.54) is 0 Å². The molecule has 7 nitrogen and oxygen atoms in total. The molecule has 2 aromatic rings. The zero-order chi connectivity index (χ0) is 19.0. The van der Waals surface area contributed by atoms with E-state index in [0.29, 0.717) is 45.1 Å². The van der Waals surface area contributed by atoms with E-state index >= 15 is 0 Å². The number of nitrogens with zero attached hydrogens (tertiary/aromatic N) is 5. The fraction of sp³-hybridized carbons (Fsp3) is 0.550. The van der Waals surface area contributed by atoms with Gasteiger partial charge in [0, 0.05) is 44.2 Å². The van der Waals surface area contributed by atoms with Gasteiger partial charge in [0.2, 0.25) is 0 Å². The summed E-state index contributed by atoms with van der Waals surface area (Å²) in [5, 5.41) is 19.1. The molecule has 1 aromatic heterocycles. The zero-order valence-electron chi connectivity index (χ0n) is 16.0. The minimum absolute atomic E-state index is 0.0657. The lowest BCUT2D eigenvalue weighted by atomic mass is 10.1. The molecule has 1 N–H and O–H groups in total. The molecule has 1 fully saturated rings. The number of hydrogen-bond donors (Lipinski definition) is 1. The van der Waals surface area contributed by atoms with Gasteiger partial charge in [0.1, 0.15) is 5.82 Å². The highest BCUT2D eigenvalue weighted by molar-refractivity contribution is 5.94. The van der Waals surface area contributed by atoms with Crippen LogP contribution in [0.5, 0.6) is 0 Å². The summed E-state index contributed by atoms with van der Waals surface area (Å²) >= 11 is 0. The van der Waals surface area contributed by atoms with Gasteiger partial charge in [0.05, 0.1) is 12.1 Å². The largest absolute Gasteiger partial charge is 0.392 e. The normalized spacial score (nSPS) is 23.5. The molecule has 2 aliphatic heterocycles. The van der Waals surface area contributed by atoms with E-state index < -0.39 is 0 Å². The first kappa shape index (κ1) is 18.1. The van der Waals surface area contributed by atoms with Crippen molar-refractivity contribution in [3.63, 3.8) is 0 Å². The van der Waals surface area contributed by atoms with Crippen LogP contribution < -0.4 is 0 Å². The molecule has 0 unspecified atom stereocenters. The smallest absolute Gasteiger partial charge is 0.253 e. The standard InChI is InChI=1S/C20H27N5O2/c1-14(2)25-13-16(26)12-17(25)19-22-21-18-8-9-23(10-11-24(18)19)20(27)15-6-4-3-5-7-15/h3-7,14,16-17,26H,8-13H2,1-2H3/t16-,17+/m1/s1. The summed E-state index contributed by atoms with van der Waals surface area (Å²) in [5.41, 5.74) is 0.722. The summed E-state index contributed by atoms with van der Waals surface area (Å²) < 4.78 is 2.16. The molecule has 0 saturated carbocycles. The van der Waals surface area contributed by atoms with Gasteiger partial charge in [-0.25, -0.2) is 0 Å². The fourth-order valence-electron chi connectivity index (χ4n) is 4.22. The van der Waals surface area contributed by atoms with E-state index in [1.807, 2.05) is 35.2 Å². The second-order valence-electron chi connectivity index (χ2n) is 7.73. The molecule has 0 radical (unpaired) electrons. The second kappa shape index (κ2) is 7.40. The molecule has 2 atom stereocenters. The maximum absolute atomic E-state index is 12.8. The van der Waals surface area contributed by atoms with Gasteiger partial charge in [0.25, 0.3) is 5.91 Å². The first-order chi connectivity index (χ1) is 13.0. The van der Waals surface area contributed by atoms with Crippen LogP contribution in [0.1, 0.15) is 48.3 Å². The first-order valence-corrected chi connectivity index (χ1v) is 9.74. The Hall–Kier alpha value is -2.25. The summed E-state index contributed by atoms with van der Waals surface area (Å²) in [5.74, 6) is 1.92. The quantitative estimate of drug-likeness (QED) is 0.887. The monoisotopic (exact) mass is 369 g/mol. The summed E-state index contributed by atoms with van der Waals surface area (Å²) in [7, 11) is 0. The lowest BCUT2D eigenvalue weighted by Crippen LogP contribution is -2.34. The molecule has 0 bridgehead atoms. The van der Waals surface area contributed by atoms with Gasteiger partial charge in [-0.2, -0.15) is 0 Å². The molecule has 1 aromatic carbocycles.